The number of thioether (sulfide) groups is 1. The van der Waals surface area contributed by atoms with Gasteiger partial charge in [0.2, 0.25) is 0 Å². The third-order valence-electron chi connectivity index (χ3n) is 4.57. The van der Waals surface area contributed by atoms with Gasteiger partial charge in [-0.1, -0.05) is 23.7 Å². The molecule has 0 heterocycles. The van der Waals surface area contributed by atoms with Crippen LogP contribution in [0.3, 0.4) is 0 Å². The minimum Gasteiger partial charge on any atom is -0.392 e. The van der Waals surface area contributed by atoms with Gasteiger partial charge < -0.3 is 4.84 Å². The molecule has 0 bridgehead atoms. The molecule has 122 valence electrons. The molecular weight excluding hydrogens is 322 g/mol. The van der Waals surface area contributed by atoms with Gasteiger partial charge in [0.1, 0.15) is 24.1 Å². The van der Waals surface area contributed by atoms with Crippen molar-refractivity contribution in [1.29, 1.82) is 0 Å². The van der Waals surface area contributed by atoms with Crippen LogP contribution < -0.4 is 0 Å². The standard InChI is InChI=1S/C16H22ClNO3S/c1-3-12(18-21-8-4-7-17)15-13(19)9-11(10-14(15)20)16(22-2)5-6-16/h4,7,11,15H,3,5-6,8-10H2,1-2H3/b7-4+,18-12+. The lowest BCUT2D eigenvalue weighted by atomic mass is 9.75. The highest BCUT2D eigenvalue weighted by Crippen LogP contribution is 2.56. The third kappa shape index (κ3) is 3.74. The van der Waals surface area contributed by atoms with E-state index >= 15 is 0 Å². The van der Waals surface area contributed by atoms with Crippen LogP contribution in [0.25, 0.3) is 0 Å². The summed E-state index contributed by atoms with van der Waals surface area (Å²) in [5.41, 5.74) is 1.88. The molecule has 0 radical (unpaired) electrons. The lowest BCUT2D eigenvalue weighted by Gasteiger charge is -2.31. The summed E-state index contributed by atoms with van der Waals surface area (Å²) in [6, 6.07) is 0. The zero-order chi connectivity index (χ0) is 16.2. The molecule has 0 aromatic heterocycles. The highest BCUT2D eigenvalue weighted by atomic mass is 35.5. The second-order valence-electron chi connectivity index (χ2n) is 5.83. The van der Waals surface area contributed by atoms with Crippen molar-refractivity contribution in [2.24, 2.45) is 17.0 Å². The first kappa shape index (κ1) is 17.5. The van der Waals surface area contributed by atoms with Crippen molar-refractivity contribution < 1.29 is 14.4 Å². The van der Waals surface area contributed by atoms with E-state index in [4.69, 9.17) is 16.4 Å². The van der Waals surface area contributed by atoms with E-state index in [0.29, 0.717) is 25.0 Å². The van der Waals surface area contributed by atoms with Gasteiger partial charge in [-0.05, 0) is 37.5 Å². The van der Waals surface area contributed by atoms with E-state index in [1.54, 1.807) is 17.8 Å². The minimum absolute atomic E-state index is 0.00124. The summed E-state index contributed by atoms with van der Waals surface area (Å²) in [6.07, 6.45) is 7.42. The number of oxime groups is 1. The number of Topliss-reactive ketones (excluding diaryl/α,β-unsaturated/α-hetero) is 2. The van der Waals surface area contributed by atoms with Crippen LogP contribution in [0.1, 0.15) is 39.0 Å². The maximum atomic E-state index is 12.5. The second kappa shape index (κ2) is 7.64. The van der Waals surface area contributed by atoms with Crippen molar-refractivity contribution in [3.8, 4) is 0 Å². The maximum absolute atomic E-state index is 12.5. The molecular formula is C16H22ClNO3S. The van der Waals surface area contributed by atoms with Crippen molar-refractivity contribution in [3.63, 3.8) is 0 Å². The van der Waals surface area contributed by atoms with E-state index in [1.165, 1.54) is 5.54 Å². The van der Waals surface area contributed by atoms with Crippen LogP contribution in [0.4, 0.5) is 0 Å². The Hall–Kier alpha value is -0.810. The molecule has 0 spiro atoms. The van der Waals surface area contributed by atoms with Crippen LogP contribution in [0.15, 0.2) is 16.8 Å². The number of hydrogen-bond acceptors (Lipinski definition) is 5. The molecule has 22 heavy (non-hydrogen) atoms. The number of carbonyl (C=O) groups excluding carboxylic acids is 2. The van der Waals surface area contributed by atoms with Crippen molar-refractivity contribution in [1.82, 2.24) is 0 Å². The fourth-order valence-corrected chi connectivity index (χ4v) is 4.22. The zero-order valence-corrected chi connectivity index (χ0v) is 14.6. The Bertz CT molecular complexity index is 482. The molecule has 2 saturated carbocycles. The molecule has 4 nitrogen and oxygen atoms in total. The first-order chi connectivity index (χ1) is 10.6. The monoisotopic (exact) mass is 343 g/mol. The van der Waals surface area contributed by atoms with E-state index in [-0.39, 0.29) is 28.8 Å². The largest absolute Gasteiger partial charge is 0.392 e. The predicted octanol–water partition coefficient (Wildman–Crippen LogP) is 3.58. The average molecular weight is 344 g/mol. The van der Waals surface area contributed by atoms with E-state index in [2.05, 4.69) is 11.4 Å². The normalized spacial score (nSPS) is 28.2. The van der Waals surface area contributed by atoms with Crippen molar-refractivity contribution in [2.75, 3.05) is 12.9 Å². The van der Waals surface area contributed by atoms with Crippen LogP contribution in [0.2, 0.25) is 0 Å². The van der Waals surface area contributed by atoms with Crippen LogP contribution >= 0.6 is 23.4 Å². The molecule has 0 N–H and O–H groups in total. The molecule has 0 aromatic carbocycles. The van der Waals surface area contributed by atoms with E-state index in [9.17, 15) is 9.59 Å². The van der Waals surface area contributed by atoms with Gasteiger partial charge in [0.15, 0.2) is 0 Å². The molecule has 0 saturated heterocycles. The van der Waals surface area contributed by atoms with Crippen LogP contribution in [-0.2, 0) is 14.4 Å². The lowest BCUT2D eigenvalue weighted by Crippen LogP contribution is -2.41. The fraction of sp³-hybridized carbons (Fsp3) is 0.688. The first-order valence-corrected chi connectivity index (χ1v) is 9.28. The first-order valence-electron chi connectivity index (χ1n) is 7.62. The summed E-state index contributed by atoms with van der Waals surface area (Å²) in [5.74, 6) is -0.520. The smallest absolute Gasteiger partial charge is 0.149 e. The summed E-state index contributed by atoms with van der Waals surface area (Å²) in [7, 11) is 0. The molecule has 0 aliphatic heterocycles. The fourth-order valence-electron chi connectivity index (χ4n) is 3.14. The predicted molar refractivity (Wildman–Crippen MR) is 90.4 cm³/mol. The highest BCUT2D eigenvalue weighted by Gasteiger charge is 2.53. The topological polar surface area (TPSA) is 55.7 Å². The molecule has 2 aliphatic rings. The van der Waals surface area contributed by atoms with Gasteiger partial charge in [0, 0.05) is 23.1 Å². The van der Waals surface area contributed by atoms with E-state index in [1.807, 2.05) is 6.92 Å². The number of nitrogens with zero attached hydrogens (tertiary/aromatic N) is 1. The third-order valence-corrected chi connectivity index (χ3v) is 6.30. The molecule has 2 aliphatic carbocycles. The number of carbonyl (C=O) groups is 2. The second-order valence-corrected chi connectivity index (χ2v) is 7.31. The average Bonchev–Trinajstić information content (AvgIpc) is 3.30. The van der Waals surface area contributed by atoms with Gasteiger partial charge in [-0.3, -0.25) is 9.59 Å². The molecule has 0 amide bonds. The van der Waals surface area contributed by atoms with E-state index < -0.39 is 5.92 Å². The Morgan fingerprint density at radius 3 is 2.50 bits per heavy atom. The molecule has 0 aromatic rings. The Morgan fingerprint density at radius 2 is 2.05 bits per heavy atom. The number of rotatable bonds is 7. The Morgan fingerprint density at radius 1 is 1.41 bits per heavy atom. The summed E-state index contributed by atoms with van der Waals surface area (Å²) < 4.78 is 0.168. The van der Waals surface area contributed by atoms with Gasteiger partial charge in [-0.25, -0.2) is 0 Å². The van der Waals surface area contributed by atoms with Gasteiger partial charge in [-0.15, -0.1) is 0 Å². The zero-order valence-electron chi connectivity index (χ0n) is 13.0. The highest BCUT2D eigenvalue weighted by molar-refractivity contribution is 8.00. The Balaban J connectivity index is 2.05. The number of hydrogen-bond donors (Lipinski definition) is 0. The number of ketones is 2. The minimum atomic E-state index is -0.709. The quantitative estimate of drug-likeness (QED) is 0.307. The number of halogens is 1. The Kier molecular flexibility index (Phi) is 6.09. The summed E-state index contributed by atoms with van der Waals surface area (Å²) >= 11 is 7.21. The summed E-state index contributed by atoms with van der Waals surface area (Å²) in [6.45, 7) is 2.12. The van der Waals surface area contributed by atoms with Crippen LogP contribution in [0.5, 0.6) is 0 Å². The lowest BCUT2D eigenvalue weighted by molar-refractivity contribution is -0.134. The van der Waals surface area contributed by atoms with Crippen molar-refractivity contribution in [3.05, 3.63) is 11.6 Å². The van der Waals surface area contributed by atoms with E-state index in [0.717, 1.165) is 12.8 Å². The summed E-state index contributed by atoms with van der Waals surface area (Å²) in [5, 5.41) is 3.99. The molecule has 0 unspecified atom stereocenters. The molecule has 6 heteroatoms. The molecule has 2 rings (SSSR count). The van der Waals surface area contributed by atoms with Gasteiger partial charge in [0.25, 0.3) is 0 Å². The molecule has 2 fully saturated rings. The van der Waals surface area contributed by atoms with Crippen molar-refractivity contribution >= 4 is 40.6 Å². The van der Waals surface area contributed by atoms with Gasteiger partial charge >= 0.3 is 0 Å². The maximum Gasteiger partial charge on any atom is 0.149 e. The van der Waals surface area contributed by atoms with Crippen LogP contribution in [-0.4, -0.2) is 34.9 Å². The van der Waals surface area contributed by atoms with Crippen LogP contribution in [0, 0.1) is 11.8 Å². The van der Waals surface area contributed by atoms with Crippen molar-refractivity contribution in [2.45, 2.75) is 43.8 Å². The SMILES string of the molecule is CC/C(=N\OC/C=C/Cl)C1C(=O)CC(C2(SC)CC2)CC1=O. The van der Waals surface area contributed by atoms with Gasteiger partial charge in [0.05, 0.1) is 5.71 Å². The Labute approximate surface area is 140 Å². The van der Waals surface area contributed by atoms with Gasteiger partial charge in [-0.2, -0.15) is 11.8 Å². The molecule has 0 atom stereocenters. The summed E-state index contributed by atoms with van der Waals surface area (Å²) in [4.78, 5) is 30.1.